The van der Waals surface area contributed by atoms with Crippen molar-refractivity contribution in [2.45, 2.75) is 38.8 Å². The number of rotatable bonds is 2. The molecule has 2 aromatic carbocycles. The summed E-state index contributed by atoms with van der Waals surface area (Å²) in [6.07, 6.45) is 3.16. The largest absolute Gasteiger partial charge is 0.508 e. The van der Waals surface area contributed by atoms with Crippen LogP contribution in [0.1, 0.15) is 39.9 Å². The Hall–Kier alpha value is -2.33. The lowest BCUT2D eigenvalue weighted by Crippen LogP contribution is -2.48. The number of benzene rings is 2. The highest BCUT2D eigenvalue weighted by Crippen LogP contribution is 2.26. The number of piperidine rings is 1. The summed E-state index contributed by atoms with van der Waals surface area (Å²) < 4.78 is 0. The Balaban J connectivity index is 1.37. The molecule has 1 fully saturated rings. The van der Waals surface area contributed by atoms with Crippen molar-refractivity contribution in [2.75, 3.05) is 19.6 Å². The van der Waals surface area contributed by atoms with Gasteiger partial charge in [-0.05, 0) is 55.0 Å². The molecule has 0 bridgehead atoms. The lowest BCUT2D eigenvalue weighted by molar-refractivity contribution is 0.0599. The average Bonchev–Trinajstić information content (AvgIpc) is 2.69. The van der Waals surface area contributed by atoms with E-state index in [1.54, 1.807) is 12.1 Å². The second-order valence-electron chi connectivity index (χ2n) is 7.51. The smallest absolute Gasteiger partial charge is 0.253 e. The van der Waals surface area contributed by atoms with Crippen LogP contribution >= 0.6 is 0 Å². The van der Waals surface area contributed by atoms with Gasteiger partial charge in [-0.25, -0.2) is 0 Å². The standard InChI is InChI=1S/C22H26N2O2/c1-16-6-7-18(14-21(16)25)22(26)23-12-9-20(10-13-23)24-11-8-17-4-2-3-5-19(17)15-24/h2-7,14,20,25H,8-13,15H2,1H3. The Labute approximate surface area is 155 Å². The fraction of sp³-hybridized carbons (Fsp3) is 0.409. The Morgan fingerprint density at radius 3 is 2.50 bits per heavy atom. The summed E-state index contributed by atoms with van der Waals surface area (Å²) in [6, 6.07) is 14.5. The predicted octanol–water partition coefficient (Wildman–Crippen LogP) is 3.36. The molecule has 4 heteroatoms. The first-order valence-electron chi connectivity index (χ1n) is 9.51. The molecule has 0 radical (unpaired) electrons. The molecule has 136 valence electrons. The predicted molar refractivity (Wildman–Crippen MR) is 102 cm³/mol. The molecular weight excluding hydrogens is 324 g/mol. The maximum Gasteiger partial charge on any atom is 0.253 e. The fourth-order valence-electron chi connectivity index (χ4n) is 4.19. The molecule has 26 heavy (non-hydrogen) atoms. The molecule has 2 aliphatic heterocycles. The Kier molecular flexibility index (Phi) is 4.68. The normalized spacial score (nSPS) is 18.6. The zero-order valence-corrected chi connectivity index (χ0v) is 15.3. The van der Waals surface area contributed by atoms with Gasteiger partial charge in [-0.1, -0.05) is 30.3 Å². The zero-order chi connectivity index (χ0) is 18.1. The molecule has 4 nitrogen and oxygen atoms in total. The summed E-state index contributed by atoms with van der Waals surface area (Å²) in [6.45, 7) is 5.56. The van der Waals surface area contributed by atoms with Crippen LogP contribution in [-0.4, -0.2) is 46.5 Å². The molecular formula is C22H26N2O2. The van der Waals surface area contributed by atoms with E-state index in [4.69, 9.17) is 0 Å². The van der Waals surface area contributed by atoms with Crippen LogP contribution in [-0.2, 0) is 13.0 Å². The molecule has 1 N–H and O–H groups in total. The molecule has 0 saturated carbocycles. The van der Waals surface area contributed by atoms with Crippen LogP contribution in [0.5, 0.6) is 5.75 Å². The third-order valence-corrected chi connectivity index (χ3v) is 5.88. The van der Waals surface area contributed by atoms with E-state index < -0.39 is 0 Å². The molecule has 0 atom stereocenters. The van der Waals surface area contributed by atoms with Gasteiger partial charge in [0, 0.05) is 37.8 Å². The highest BCUT2D eigenvalue weighted by molar-refractivity contribution is 5.94. The number of fused-ring (bicyclic) bond motifs is 1. The topological polar surface area (TPSA) is 43.8 Å². The Bertz CT molecular complexity index is 810. The minimum absolute atomic E-state index is 0.0303. The van der Waals surface area contributed by atoms with Gasteiger partial charge in [-0.2, -0.15) is 0 Å². The molecule has 2 heterocycles. The first-order valence-corrected chi connectivity index (χ1v) is 9.51. The summed E-state index contributed by atoms with van der Waals surface area (Å²) in [5.74, 6) is 0.223. The van der Waals surface area contributed by atoms with E-state index in [2.05, 4.69) is 29.2 Å². The number of aryl methyl sites for hydroxylation is 1. The number of hydrogen-bond donors (Lipinski definition) is 1. The number of amides is 1. The van der Waals surface area contributed by atoms with Crippen molar-refractivity contribution < 1.29 is 9.90 Å². The maximum absolute atomic E-state index is 12.7. The number of likely N-dealkylation sites (tertiary alicyclic amines) is 1. The fourth-order valence-corrected chi connectivity index (χ4v) is 4.19. The van der Waals surface area contributed by atoms with Gasteiger partial charge >= 0.3 is 0 Å². The Morgan fingerprint density at radius 1 is 1.04 bits per heavy atom. The average molecular weight is 350 g/mol. The van der Waals surface area contributed by atoms with Gasteiger partial charge in [0.05, 0.1) is 0 Å². The molecule has 1 saturated heterocycles. The van der Waals surface area contributed by atoms with Crippen LogP contribution in [0.4, 0.5) is 0 Å². The van der Waals surface area contributed by atoms with E-state index in [1.165, 1.54) is 11.1 Å². The van der Waals surface area contributed by atoms with Crippen LogP contribution < -0.4 is 0 Å². The maximum atomic E-state index is 12.7. The van der Waals surface area contributed by atoms with Gasteiger partial charge in [0.15, 0.2) is 0 Å². The zero-order valence-electron chi connectivity index (χ0n) is 15.3. The van der Waals surface area contributed by atoms with Gasteiger partial charge in [0.1, 0.15) is 5.75 Å². The minimum atomic E-state index is 0.0303. The highest BCUT2D eigenvalue weighted by atomic mass is 16.3. The molecule has 0 aromatic heterocycles. The second-order valence-corrected chi connectivity index (χ2v) is 7.51. The third-order valence-electron chi connectivity index (χ3n) is 5.88. The second kappa shape index (κ2) is 7.12. The summed E-state index contributed by atoms with van der Waals surface area (Å²) in [5.41, 5.74) is 4.31. The lowest BCUT2D eigenvalue weighted by atomic mass is 9.95. The first-order chi connectivity index (χ1) is 12.6. The molecule has 1 amide bonds. The van der Waals surface area contributed by atoms with Crippen molar-refractivity contribution in [3.63, 3.8) is 0 Å². The van der Waals surface area contributed by atoms with Gasteiger partial charge < -0.3 is 10.0 Å². The van der Waals surface area contributed by atoms with Crippen molar-refractivity contribution in [3.05, 3.63) is 64.7 Å². The van der Waals surface area contributed by atoms with E-state index in [9.17, 15) is 9.90 Å². The minimum Gasteiger partial charge on any atom is -0.508 e. The number of phenols is 1. The first kappa shape index (κ1) is 17.1. The highest BCUT2D eigenvalue weighted by Gasteiger charge is 2.29. The van der Waals surface area contributed by atoms with Gasteiger partial charge in [0.2, 0.25) is 0 Å². The number of aromatic hydroxyl groups is 1. The monoisotopic (exact) mass is 350 g/mol. The van der Waals surface area contributed by atoms with Crippen molar-refractivity contribution >= 4 is 5.91 Å². The van der Waals surface area contributed by atoms with Crippen molar-refractivity contribution in [3.8, 4) is 5.75 Å². The number of nitrogens with zero attached hydrogens (tertiary/aromatic N) is 2. The van der Waals surface area contributed by atoms with Crippen LogP contribution in [0.15, 0.2) is 42.5 Å². The lowest BCUT2D eigenvalue weighted by Gasteiger charge is -2.40. The van der Waals surface area contributed by atoms with E-state index >= 15 is 0 Å². The van der Waals surface area contributed by atoms with E-state index in [0.717, 1.165) is 51.0 Å². The van der Waals surface area contributed by atoms with E-state index in [-0.39, 0.29) is 11.7 Å². The number of phenolic OH excluding ortho intramolecular Hbond substituents is 1. The van der Waals surface area contributed by atoms with Crippen molar-refractivity contribution in [1.82, 2.24) is 9.80 Å². The van der Waals surface area contributed by atoms with Crippen molar-refractivity contribution in [2.24, 2.45) is 0 Å². The number of hydrogen-bond acceptors (Lipinski definition) is 3. The molecule has 2 aromatic rings. The number of carbonyl (C=O) groups excluding carboxylic acids is 1. The van der Waals surface area contributed by atoms with Gasteiger partial charge in [-0.3, -0.25) is 9.69 Å². The van der Waals surface area contributed by atoms with Crippen LogP contribution in [0.3, 0.4) is 0 Å². The van der Waals surface area contributed by atoms with Gasteiger partial charge in [0.25, 0.3) is 5.91 Å². The molecule has 0 unspecified atom stereocenters. The molecule has 4 rings (SSSR count). The van der Waals surface area contributed by atoms with Crippen LogP contribution in [0.25, 0.3) is 0 Å². The summed E-state index contributed by atoms with van der Waals surface area (Å²) in [7, 11) is 0. The van der Waals surface area contributed by atoms with Crippen molar-refractivity contribution in [1.29, 1.82) is 0 Å². The van der Waals surface area contributed by atoms with E-state index in [1.807, 2.05) is 17.9 Å². The molecule has 0 aliphatic carbocycles. The number of carbonyl (C=O) groups is 1. The molecule has 2 aliphatic rings. The summed E-state index contributed by atoms with van der Waals surface area (Å²) in [4.78, 5) is 17.2. The summed E-state index contributed by atoms with van der Waals surface area (Å²) in [5, 5.41) is 9.86. The third kappa shape index (κ3) is 3.34. The quantitative estimate of drug-likeness (QED) is 0.903. The van der Waals surface area contributed by atoms with Crippen LogP contribution in [0, 0.1) is 6.92 Å². The van der Waals surface area contributed by atoms with Crippen LogP contribution in [0.2, 0.25) is 0 Å². The summed E-state index contributed by atoms with van der Waals surface area (Å²) >= 11 is 0. The van der Waals surface area contributed by atoms with E-state index in [0.29, 0.717) is 11.6 Å². The molecule has 0 spiro atoms. The SMILES string of the molecule is Cc1ccc(C(=O)N2CCC(N3CCc4ccccc4C3)CC2)cc1O. The van der Waals surface area contributed by atoms with Gasteiger partial charge in [-0.15, -0.1) is 0 Å². The Morgan fingerprint density at radius 2 is 1.77 bits per heavy atom.